The van der Waals surface area contributed by atoms with Gasteiger partial charge in [0.15, 0.2) is 6.29 Å². The number of carbonyl (C=O) groups excluding carboxylic acids is 1. The normalized spacial score (nSPS) is 15.3. The Morgan fingerprint density at radius 1 is 1.05 bits per heavy atom. The quantitative estimate of drug-likeness (QED) is 0.584. The van der Waals surface area contributed by atoms with Crippen molar-refractivity contribution in [1.29, 1.82) is 0 Å². The van der Waals surface area contributed by atoms with Gasteiger partial charge in [0.1, 0.15) is 23.9 Å². The summed E-state index contributed by atoms with van der Waals surface area (Å²) in [4.78, 5) is 11.1. The van der Waals surface area contributed by atoms with Gasteiger partial charge in [-0.15, -0.1) is 0 Å². The minimum Gasteiger partial charge on any atom is -0.496 e. The number of benzene rings is 1. The van der Waals surface area contributed by atoms with E-state index in [-0.39, 0.29) is 0 Å². The molecule has 0 fully saturated rings. The maximum Gasteiger partial charge on any atom is 0.157 e. The predicted octanol–water partition coefficient (Wildman–Crippen LogP) is 4.18. The van der Waals surface area contributed by atoms with E-state index in [2.05, 4.69) is 6.08 Å². The van der Waals surface area contributed by atoms with E-state index < -0.39 is 0 Å². The molecule has 2 rings (SSSR count). The molecule has 1 aromatic rings. The minimum atomic E-state index is 0.405. The van der Waals surface area contributed by atoms with Crippen LogP contribution in [-0.4, -0.2) is 27.1 Å². The zero-order valence-corrected chi connectivity index (χ0v) is 13.4. The van der Waals surface area contributed by atoms with E-state index in [4.69, 9.17) is 14.2 Å². The summed E-state index contributed by atoms with van der Waals surface area (Å²) < 4.78 is 16.4. The van der Waals surface area contributed by atoms with E-state index in [0.29, 0.717) is 29.4 Å². The summed E-state index contributed by atoms with van der Waals surface area (Å²) >= 11 is 0. The van der Waals surface area contributed by atoms with Gasteiger partial charge >= 0.3 is 0 Å². The lowest BCUT2D eigenvalue weighted by Crippen LogP contribution is -2.04. The van der Waals surface area contributed by atoms with Crippen molar-refractivity contribution in [3.8, 4) is 17.2 Å². The minimum absolute atomic E-state index is 0.405. The Kier molecular flexibility index (Phi) is 6.31. The summed E-state index contributed by atoms with van der Waals surface area (Å²) in [5.41, 5.74) is 1.75. The Hall–Kier alpha value is -1.97. The molecule has 0 amide bonds. The van der Waals surface area contributed by atoms with Gasteiger partial charge in [-0.25, -0.2) is 0 Å². The van der Waals surface area contributed by atoms with Gasteiger partial charge in [0, 0.05) is 12.1 Å². The van der Waals surface area contributed by atoms with Crippen molar-refractivity contribution < 1.29 is 19.0 Å². The second-order valence-electron chi connectivity index (χ2n) is 5.46. The highest BCUT2D eigenvalue weighted by atomic mass is 16.5. The molecule has 0 atom stereocenters. The average Bonchev–Trinajstić information content (AvgIpc) is 2.52. The topological polar surface area (TPSA) is 44.8 Å². The van der Waals surface area contributed by atoms with E-state index in [1.807, 2.05) is 0 Å². The van der Waals surface area contributed by atoms with Crippen molar-refractivity contribution in [1.82, 2.24) is 0 Å². The standard InChI is InChI=1S/C18H24O4/c1-20-17-10-15(11-18(21-2)16(17)12-19)22-13-14-8-6-4-3-5-7-9-14/h8,10-12H,3-7,9,13H2,1-2H3. The molecule has 0 bridgehead atoms. The van der Waals surface area contributed by atoms with Crippen molar-refractivity contribution in [2.24, 2.45) is 0 Å². The van der Waals surface area contributed by atoms with Crippen molar-refractivity contribution in [3.05, 3.63) is 29.3 Å². The third kappa shape index (κ3) is 4.26. The van der Waals surface area contributed by atoms with E-state index in [1.54, 1.807) is 12.1 Å². The van der Waals surface area contributed by atoms with Gasteiger partial charge in [-0.2, -0.15) is 0 Å². The molecule has 1 aromatic carbocycles. The number of aldehydes is 1. The summed E-state index contributed by atoms with van der Waals surface area (Å²) in [6.45, 7) is 0.576. The first-order valence-electron chi connectivity index (χ1n) is 7.80. The van der Waals surface area contributed by atoms with Gasteiger partial charge in [0.2, 0.25) is 0 Å². The van der Waals surface area contributed by atoms with Crippen LogP contribution in [0.4, 0.5) is 0 Å². The highest BCUT2D eigenvalue weighted by molar-refractivity contribution is 5.84. The van der Waals surface area contributed by atoms with E-state index in [1.165, 1.54) is 45.5 Å². The number of rotatable bonds is 6. The summed E-state index contributed by atoms with van der Waals surface area (Å²) in [7, 11) is 3.06. The molecule has 0 saturated heterocycles. The Bertz CT molecular complexity index is 509. The molecule has 120 valence electrons. The molecule has 0 heterocycles. The number of carbonyl (C=O) groups is 1. The highest BCUT2D eigenvalue weighted by Crippen LogP contribution is 2.33. The van der Waals surface area contributed by atoms with Gasteiger partial charge in [-0.3, -0.25) is 4.79 Å². The second-order valence-corrected chi connectivity index (χ2v) is 5.46. The van der Waals surface area contributed by atoms with Gasteiger partial charge < -0.3 is 14.2 Å². The molecule has 0 N–H and O–H groups in total. The molecule has 1 aliphatic rings. The monoisotopic (exact) mass is 304 g/mol. The molecule has 0 radical (unpaired) electrons. The molecule has 0 spiro atoms. The van der Waals surface area contributed by atoms with Gasteiger partial charge in [0.05, 0.1) is 19.8 Å². The Morgan fingerprint density at radius 2 is 1.73 bits per heavy atom. The number of ether oxygens (including phenoxy) is 3. The maximum atomic E-state index is 11.1. The molecule has 1 aliphatic carbocycles. The number of hydrogen-bond acceptors (Lipinski definition) is 4. The van der Waals surface area contributed by atoms with Crippen molar-refractivity contribution in [2.45, 2.75) is 38.5 Å². The van der Waals surface area contributed by atoms with E-state index in [9.17, 15) is 4.79 Å². The lowest BCUT2D eigenvalue weighted by atomic mass is 10.0. The van der Waals surface area contributed by atoms with Crippen LogP contribution in [0.5, 0.6) is 17.2 Å². The highest BCUT2D eigenvalue weighted by Gasteiger charge is 2.13. The molecule has 0 aliphatic heterocycles. The van der Waals surface area contributed by atoms with Crippen LogP contribution in [0.3, 0.4) is 0 Å². The second kappa shape index (κ2) is 8.47. The van der Waals surface area contributed by atoms with Gasteiger partial charge in [0.25, 0.3) is 0 Å². The molecule has 4 nitrogen and oxygen atoms in total. The molecular formula is C18H24O4. The fourth-order valence-electron chi connectivity index (χ4n) is 2.68. The Balaban J connectivity index is 2.10. The number of methoxy groups -OCH3 is 2. The van der Waals surface area contributed by atoms with Crippen LogP contribution in [-0.2, 0) is 0 Å². The van der Waals surface area contributed by atoms with E-state index in [0.717, 1.165) is 19.1 Å². The maximum absolute atomic E-state index is 11.1. The molecule has 0 unspecified atom stereocenters. The number of hydrogen-bond donors (Lipinski definition) is 0. The van der Waals surface area contributed by atoms with Crippen LogP contribution < -0.4 is 14.2 Å². The average molecular weight is 304 g/mol. The third-order valence-electron chi connectivity index (χ3n) is 3.94. The summed E-state index contributed by atoms with van der Waals surface area (Å²) in [5, 5.41) is 0. The predicted molar refractivity (Wildman–Crippen MR) is 86.2 cm³/mol. The molecule has 0 aromatic heterocycles. The van der Waals surface area contributed by atoms with Crippen molar-refractivity contribution in [2.75, 3.05) is 20.8 Å². The zero-order valence-electron chi connectivity index (χ0n) is 13.4. The first kappa shape index (κ1) is 16.4. The first-order valence-corrected chi connectivity index (χ1v) is 7.80. The third-order valence-corrected chi connectivity index (χ3v) is 3.94. The lowest BCUT2D eigenvalue weighted by Gasteiger charge is -2.15. The van der Waals surface area contributed by atoms with Crippen LogP contribution in [0, 0.1) is 0 Å². The summed E-state index contributed by atoms with van der Waals surface area (Å²) in [5.74, 6) is 1.59. The largest absolute Gasteiger partial charge is 0.496 e. The fourth-order valence-corrected chi connectivity index (χ4v) is 2.68. The SMILES string of the molecule is COc1cc(OCC2=CCCCCCC2)cc(OC)c1C=O. The van der Waals surface area contributed by atoms with Gasteiger partial charge in [-0.05, 0) is 31.3 Å². The van der Waals surface area contributed by atoms with Crippen molar-refractivity contribution in [3.63, 3.8) is 0 Å². The Labute approximate surface area is 132 Å². The van der Waals surface area contributed by atoms with Crippen LogP contribution in [0.25, 0.3) is 0 Å². The van der Waals surface area contributed by atoms with Crippen LogP contribution in [0.1, 0.15) is 48.9 Å². The molecular weight excluding hydrogens is 280 g/mol. The summed E-state index contributed by atoms with van der Waals surface area (Å²) in [6, 6.07) is 3.46. The van der Waals surface area contributed by atoms with Gasteiger partial charge in [-0.1, -0.05) is 18.9 Å². The fraction of sp³-hybridized carbons (Fsp3) is 0.500. The summed E-state index contributed by atoms with van der Waals surface area (Å²) in [6.07, 6.45) is 10.4. The molecule has 0 saturated carbocycles. The molecule has 4 heteroatoms. The van der Waals surface area contributed by atoms with Crippen LogP contribution >= 0.6 is 0 Å². The van der Waals surface area contributed by atoms with Crippen molar-refractivity contribution >= 4 is 6.29 Å². The number of allylic oxidation sites excluding steroid dienone is 1. The molecule has 22 heavy (non-hydrogen) atoms. The van der Waals surface area contributed by atoms with E-state index >= 15 is 0 Å². The van der Waals surface area contributed by atoms with Crippen LogP contribution in [0.15, 0.2) is 23.8 Å². The first-order chi connectivity index (χ1) is 10.8. The lowest BCUT2D eigenvalue weighted by molar-refractivity contribution is 0.111. The Morgan fingerprint density at radius 3 is 2.36 bits per heavy atom. The van der Waals surface area contributed by atoms with Crippen LogP contribution in [0.2, 0.25) is 0 Å². The smallest absolute Gasteiger partial charge is 0.157 e. The zero-order chi connectivity index (χ0) is 15.8.